The molecule has 4 aromatic rings. The van der Waals surface area contributed by atoms with Gasteiger partial charge >= 0.3 is 6.18 Å². The lowest BCUT2D eigenvalue weighted by Crippen LogP contribution is -2.13. The van der Waals surface area contributed by atoms with Gasteiger partial charge in [-0.2, -0.15) is 13.2 Å². The second kappa shape index (κ2) is 11.0. The summed E-state index contributed by atoms with van der Waals surface area (Å²) < 4.78 is 60.5. The highest BCUT2D eigenvalue weighted by Gasteiger charge is 2.31. The van der Waals surface area contributed by atoms with Gasteiger partial charge in [0.15, 0.2) is 0 Å². The quantitative estimate of drug-likeness (QED) is 0.259. The number of alkyl halides is 3. The molecule has 0 aliphatic carbocycles. The summed E-state index contributed by atoms with van der Waals surface area (Å²) in [7, 11) is 0. The number of rotatable bonds is 6. The smallest absolute Gasteiger partial charge is 0.375 e. The second-order valence-corrected chi connectivity index (χ2v) is 8.24. The number of pyridine rings is 1. The molecule has 1 aliphatic heterocycles. The van der Waals surface area contributed by atoms with Crippen LogP contribution in [0, 0.1) is 5.82 Å². The molecule has 1 unspecified atom stereocenters. The summed E-state index contributed by atoms with van der Waals surface area (Å²) in [5, 5.41) is 0. The van der Waals surface area contributed by atoms with Gasteiger partial charge in [-0.3, -0.25) is 4.98 Å². The summed E-state index contributed by atoms with van der Waals surface area (Å²) >= 11 is 0. The zero-order valence-corrected chi connectivity index (χ0v) is 20.1. The largest absolute Gasteiger partial charge is 0.416 e. The van der Waals surface area contributed by atoms with Crippen molar-refractivity contribution in [3.63, 3.8) is 0 Å². The predicted molar refractivity (Wildman–Crippen MR) is 131 cm³/mol. The maximum absolute atomic E-state index is 13.5. The van der Waals surface area contributed by atoms with E-state index in [1.807, 2.05) is 26.0 Å². The first-order valence-electron chi connectivity index (χ1n) is 11.9. The summed E-state index contributed by atoms with van der Waals surface area (Å²) in [4.78, 5) is 8.97. The number of ether oxygens (including phenoxy) is 1. The Hall–Kier alpha value is -3.52. The van der Waals surface area contributed by atoms with E-state index in [2.05, 4.69) is 9.55 Å². The molecule has 0 saturated heterocycles. The number of benzene rings is 2. The Morgan fingerprint density at radius 3 is 2.39 bits per heavy atom. The number of hydrogen-bond donors (Lipinski definition) is 0. The highest BCUT2D eigenvalue weighted by Crippen LogP contribution is 2.39. The molecule has 4 nitrogen and oxygen atoms in total. The lowest BCUT2D eigenvalue weighted by molar-refractivity contribution is -0.137. The van der Waals surface area contributed by atoms with Gasteiger partial charge in [-0.25, -0.2) is 9.37 Å². The molecular formula is C28H27F4N3O. The molecule has 36 heavy (non-hydrogen) atoms. The first-order valence-corrected chi connectivity index (χ1v) is 11.9. The van der Waals surface area contributed by atoms with Crippen molar-refractivity contribution < 1.29 is 22.3 Å². The van der Waals surface area contributed by atoms with Crippen LogP contribution in [0.5, 0.6) is 0 Å². The molecule has 5 rings (SSSR count). The van der Waals surface area contributed by atoms with Crippen LogP contribution < -0.4 is 0 Å². The molecule has 1 aliphatic rings. The van der Waals surface area contributed by atoms with Gasteiger partial charge in [-0.05, 0) is 60.5 Å². The van der Waals surface area contributed by atoms with Gasteiger partial charge in [0, 0.05) is 29.9 Å². The van der Waals surface area contributed by atoms with Crippen molar-refractivity contribution in [2.24, 2.45) is 0 Å². The van der Waals surface area contributed by atoms with E-state index in [-0.39, 0.29) is 18.5 Å². The van der Waals surface area contributed by atoms with E-state index in [1.54, 1.807) is 30.6 Å². The van der Waals surface area contributed by atoms with Crippen LogP contribution in [0.15, 0.2) is 73.1 Å². The van der Waals surface area contributed by atoms with E-state index >= 15 is 0 Å². The summed E-state index contributed by atoms with van der Waals surface area (Å²) in [6.45, 7) is 4.42. The Morgan fingerprint density at radius 2 is 1.69 bits per heavy atom. The number of hydrogen-bond acceptors (Lipinski definition) is 3. The average molecular weight is 498 g/mol. The zero-order valence-electron chi connectivity index (χ0n) is 20.1. The zero-order chi connectivity index (χ0) is 25.7. The highest BCUT2D eigenvalue weighted by atomic mass is 19.4. The van der Waals surface area contributed by atoms with Crippen LogP contribution in [-0.4, -0.2) is 21.1 Å². The minimum atomic E-state index is -4.39. The van der Waals surface area contributed by atoms with Gasteiger partial charge in [0.05, 0.1) is 36.2 Å². The van der Waals surface area contributed by atoms with Crippen LogP contribution in [0.1, 0.15) is 43.3 Å². The van der Waals surface area contributed by atoms with E-state index < -0.39 is 11.7 Å². The lowest BCUT2D eigenvalue weighted by Gasteiger charge is -2.18. The van der Waals surface area contributed by atoms with E-state index in [0.717, 1.165) is 53.3 Å². The Kier molecular flexibility index (Phi) is 7.84. The Labute approximate surface area is 207 Å². The molecule has 0 radical (unpaired) electrons. The molecule has 0 saturated carbocycles. The van der Waals surface area contributed by atoms with Crippen LogP contribution in [0.4, 0.5) is 17.6 Å². The third-order valence-corrected chi connectivity index (χ3v) is 5.96. The Morgan fingerprint density at radius 1 is 0.972 bits per heavy atom. The van der Waals surface area contributed by atoms with Crippen LogP contribution in [0.3, 0.4) is 0 Å². The molecule has 188 valence electrons. The monoisotopic (exact) mass is 497 g/mol. The van der Waals surface area contributed by atoms with Gasteiger partial charge in [0.2, 0.25) is 0 Å². The van der Waals surface area contributed by atoms with Crippen molar-refractivity contribution in [1.29, 1.82) is 0 Å². The summed E-state index contributed by atoms with van der Waals surface area (Å²) in [5.41, 5.74) is 3.17. The fraction of sp³-hybridized carbons (Fsp3) is 0.286. The van der Waals surface area contributed by atoms with Crippen LogP contribution in [0.25, 0.3) is 22.5 Å². The normalized spacial score (nSPS) is 14.8. The molecule has 0 N–H and O–H groups in total. The third-order valence-electron chi connectivity index (χ3n) is 5.96. The first-order chi connectivity index (χ1) is 17.4. The van der Waals surface area contributed by atoms with E-state index in [0.29, 0.717) is 12.2 Å². The Bertz CT molecular complexity index is 1280. The molecule has 1 atom stereocenters. The molecule has 3 heterocycles. The van der Waals surface area contributed by atoms with Crippen molar-refractivity contribution in [3.8, 4) is 22.5 Å². The molecule has 0 spiro atoms. The predicted octanol–water partition coefficient (Wildman–Crippen LogP) is 7.50. The van der Waals surface area contributed by atoms with E-state index in [4.69, 9.17) is 9.72 Å². The molecule has 2 aromatic heterocycles. The molecule has 0 bridgehead atoms. The average Bonchev–Trinajstić information content (AvgIpc) is 3.46. The van der Waals surface area contributed by atoms with Crippen molar-refractivity contribution in [2.75, 3.05) is 6.61 Å². The van der Waals surface area contributed by atoms with E-state index in [1.165, 1.54) is 18.2 Å². The standard InChI is InChI=1S/C26H21F4N3O.C2H6/c27-21-6-4-18(5-7-21)24-25(19-10-12-31-13-11-19)33-22(8-9-23(33)32-24)16-34-15-17-2-1-3-20(14-17)26(28,29)30;1-2/h1-7,10-14,22H,8-9,15-16H2;1-2H3. The maximum Gasteiger partial charge on any atom is 0.416 e. The van der Waals surface area contributed by atoms with Crippen molar-refractivity contribution >= 4 is 0 Å². The number of halogens is 4. The first kappa shape index (κ1) is 25.6. The van der Waals surface area contributed by atoms with Crippen LogP contribution in [-0.2, 0) is 23.9 Å². The fourth-order valence-electron chi connectivity index (χ4n) is 4.38. The maximum atomic E-state index is 13.5. The fourth-order valence-corrected chi connectivity index (χ4v) is 4.38. The Balaban J connectivity index is 0.00000148. The number of imidazole rings is 1. The van der Waals surface area contributed by atoms with Gasteiger partial charge in [-0.1, -0.05) is 26.0 Å². The van der Waals surface area contributed by atoms with Crippen molar-refractivity contribution in [2.45, 2.75) is 45.5 Å². The summed E-state index contributed by atoms with van der Waals surface area (Å²) in [5.74, 6) is 0.584. The van der Waals surface area contributed by atoms with E-state index in [9.17, 15) is 17.6 Å². The van der Waals surface area contributed by atoms with Crippen molar-refractivity contribution in [3.05, 3.63) is 95.8 Å². The van der Waals surface area contributed by atoms with Gasteiger partial charge in [0.25, 0.3) is 0 Å². The number of fused-ring (bicyclic) bond motifs is 1. The van der Waals surface area contributed by atoms with Gasteiger partial charge in [0.1, 0.15) is 11.6 Å². The number of nitrogens with zero attached hydrogens (tertiary/aromatic N) is 3. The third kappa shape index (κ3) is 5.49. The van der Waals surface area contributed by atoms with Crippen LogP contribution in [0.2, 0.25) is 0 Å². The molecule has 2 aromatic carbocycles. The summed E-state index contributed by atoms with van der Waals surface area (Å²) in [6, 6.07) is 15.2. The lowest BCUT2D eigenvalue weighted by atomic mass is 10.0. The number of aromatic nitrogens is 3. The number of aryl methyl sites for hydroxylation is 1. The molecule has 0 fully saturated rings. The van der Waals surface area contributed by atoms with Crippen LogP contribution >= 0.6 is 0 Å². The second-order valence-electron chi connectivity index (χ2n) is 8.24. The van der Waals surface area contributed by atoms with Crippen molar-refractivity contribution in [1.82, 2.24) is 14.5 Å². The minimum absolute atomic E-state index is 0.0225. The minimum Gasteiger partial charge on any atom is -0.375 e. The highest BCUT2D eigenvalue weighted by molar-refractivity contribution is 5.79. The van der Waals surface area contributed by atoms with Gasteiger partial charge in [-0.15, -0.1) is 0 Å². The topological polar surface area (TPSA) is 39.9 Å². The SMILES string of the molecule is CC.Fc1ccc(-c2nc3n(c2-c2ccncc2)C(COCc2cccc(C(F)(F)F)c2)CC3)cc1. The van der Waals surface area contributed by atoms with Gasteiger partial charge < -0.3 is 9.30 Å². The molecular weight excluding hydrogens is 470 g/mol. The molecule has 0 amide bonds. The molecule has 8 heteroatoms. The summed E-state index contributed by atoms with van der Waals surface area (Å²) in [6.07, 6.45) is 0.586.